The molecule has 0 fully saturated rings. The van der Waals surface area contributed by atoms with Gasteiger partial charge in [-0.25, -0.2) is 0 Å². The fraction of sp³-hybridized carbons (Fsp3) is 0.538. The molecule has 2 rings (SSSR count). The molecule has 0 spiro atoms. The van der Waals surface area contributed by atoms with Crippen LogP contribution in [-0.2, 0) is 6.42 Å². The Morgan fingerprint density at radius 2 is 1.79 bits per heavy atom. The van der Waals surface area contributed by atoms with E-state index in [1.54, 1.807) is 0 Å². The third-order valence-corrected chi connectivity index (χ3v) is 2.99. The number of hydrogen-bond acceptors (Lipinski definition) is 1. The highest BCUT2D eigenvalue weighted by atomic mass is 16.5. The van der Waals surface area contributed by atoms with Crippen molar-refractivity contribution >= 4 is 0 Å². The Labute approximate surface area is 86.1 Å². The van der Waals surface area contributed by atoms with E-state index in [0.29, 0.717) is 0 Å². The van der Waals surface area contributed by atoms with Crippen molar-refractivity contribution in [3.05, 3.63) is 28.3 Å². The van der Waals surface area contributed by atoms with Crippen molar-refractivity contribution in [3.63, 3.8) is 0 Å². The SMILES string of the molecule is Cc1[c]c(C)c2c(c1C)OC(C)(C)C2. The molecular formula is C13H17O. The maximum atomic E-state index is 5.97. The Hall–Kier alpha value is -0.980. The lowest BCUT2D eigenvalue weighted by molar-refractivity contribution is 0.137. The predicted molar refractivity (Wildman–Crippen MR) is 57.9 cm³/mol. The van der Waals surface area contributed by atoms with Crippen molar-refractivity contribution in [2.45, 2.75) is 46.6 Å². The lowest BCUT2D eigenvalue weighted by atomic mass is 9.94. The molecule has 1 aromatic carbocycles. The zero-order valence-electron chi connectivity index (χ0n) is 9.62. The molecule has 0 bridgehead atoms. The average molecular weight is 189 g/mol. The third kappa shape index (κ3) is 1.31. The smallest absolute Gasteiger partial charge is 0.126 e. The predicted octanol–water partition coefficient (Wildman–Crippen LogP) is 3.13. The minimum absolute atomic E-state index is 0.0422. The Kier molecular flexibility index (Phi) is 1.88. The molecule has 0 aliphatic carbocycles. The number of hydrogen-bond donors (Lipinski definition) is 0. The molecule has 1 radical (unpaired) electrons. The van der Waals surface area contributed by atoms with Crippen LogP contribution in [0.4, 0.5) is 0 Å². The Morgan fingerprint density at radius 3 is 2.43 bits per heavy atom. The molecule has 0 saturated heterocycles. The molecule has 0 aromatic heterocycles. The minimum Gasteiger partial charge on any atom is -0.487 e. The standard InChI is InChI=1S/C13H17O/c1-8-6-9(2)11-7-13(4,5)14-12(11)10(8)3/h7H2,1-5H3. The summed E-state index contributed by atoms with van der Waals surface area (Å²) in [6.07, 6.45) is 1.01. The fourth-order valence-corrected chi connectivity index (χ4v) is 2.11. The molecule has 1 heteroatoms. The van der Waals surface area contributed by atoms with Gasteiger partial charge in [-0.3, -0.25) is 0 Å². The second-order valence-corrected chi connectivity index (χ2v) is 4.85. The zero-order chi connectivity index (χ0) is 10.5. The molecule has 1 aliphatic rings. The highest BCUT2D eigenvalue weighted by Crippen LogP contribution is 2.40. The first-order chi connectivity index (χ1) is 6.41. The quantitative estimate of drug-likeness (QED) is 0.609. The molecule has 1 aliphatic heterocycles. The van der Waals surface area contributed by atoms with E-state index in [2.05, 4.69) is 40.7 Å². The van der Waals surface area contributed by atoms with E-state index < -0.39 is 0 Å². The minimum atomic E-state index is -0.0422. The van der Waals surface area contributed by atoms with Gasteiger partial charge in [0.25, 0.3) is 0 Å². The number of ether oxygens (including phenoxy) is 1. The van der Waals surface area contributed by atoms with Gasteiger partial charge < -0.3 is 4.74 Å². The van der Waals surface area contributed by atoms with Gasteiger partial charge >= 0.3 is 0 Å². The molecule has 1 heterocycles. The van der Waals surface area contributed by atoms with Gasteiger partial charge in [0, 0.05) is 12.0 Å². The fourth-order valence-electron chi connectivity index (χ4n) is 2.11. The van der Waals surface area contributed by atoms with Crippen LogP contribution >= 0.6 is 0 Å². The van der Waals surface area contributed by atoms with Crippen LogP contribution in [0.1, 0.15) is 36.1 Å². The number of benzene rings is 1. The zero-order valence-corrected chi connectivity index (χ0v) is 9.62. The van der Waals surface area contributed by atoms with E-state index in [1.807, 2.05) is 0 Å². The number of rotatable bonds is 0. The van der Waals surface area contributed by atoms with Crippen LogP contribution in [0.15, 0.2) is 0 Å². The van der Waals surface area contributed by atoms with Gasteiger partial charge in [-0.15, -0.1) is 0 Å². The highest BCUT2D eigenvalue weighted by Gasteiger charge is 2.32. The summed E-state index contributed by atoms with van der Waals surface area (Å²) in [6, 6.07) is 3.40. The second-order valence-electron chi connectivity index (χ2n) is 4.85. The van der Waals surface area contributed by atoms with Gasteiger partial charge in [0.2, 0.25) is 0 Å². The normalized spacial score (nSPS) is 17.8. The first-order valence-electron chi connectivity index (χ1n) is 5.12. The van der Waals surface area contributed by atoms with Crippen LogP contribution < -0.4 is 4.74 Å². The third-order valence-electron chi connectivity index (χ3n) is 2.99. The Balaban J connectivity index is 2.61. The van der Waals surface area contributed by atoms with Crippen LogP contribution in [0.5, 0.6) is 5.75 Å². The van der Waals surface area contributed by atoms with E-state index in [0.717, 1.165) is 12.2 Å². The van der Waals surface area contributed by atoms with Gasteiger partial charge in [0.15, 0.2) is 0 Å². The van der Waals surface area contributed by atoms with E-state index >= 15 is 0 Å². The summed E-state index contributed by atoms with van der Waals surface area (Å²) >= 11 is 0. The summed E-state index contributed by atoms with van der Waals surface area (Å²) in [6.45, 7) is 10.6. The molecule has 1 nitrogen and oxygen atoms in total. The van der Waals surface area contributed by atoms with Crippen molar-refractivity contribution in [2.24, 2.45) is 0 Å². The monoisotopic (exact) mass is 189 g/mol. The Morgan fingerprint density at radius 1 is 1.14 bits per heavy atom. The van der Waals surface area contributed by atoms with Crippen LogP contribution in [0.25, 0.3) is 0 Å². The molecular weight excluding hydrogens is 172 g/mol. The summed E-state index contributed by atoms with van der Waals surface area (Å²) in [5.41, 5.74) is 5.00. The maximum Gasteiger partial charge on any atom is 0.126 e. The number of fused-ring (bicyclic) bond motifs is 1. The molecule has 75 valence electrons. The molecule has 0 saturated carbocycles. The largest absolute Gasteiger partial charge is 0.487 e. The molecule has 0 N–H and O–H groups in total. The van der Waals surface area contributed by atoms with Crippen molar-refractivity contribution in [1.82, 2.24) is 0 Å². The van der Waals surface area contributed by atoms with Crippen molar-refractivity contribution < 1.29 is 4.74 Å². The van der Waals surface area contributed by atoms with Crippen LogP contribution in [0, 0.1) is 26.8 Å². The van der Waals surface area contributed by atoms with Gasteiger partial charge in [0.1, 0.15) is 11.4 Å². The van der Waals surface area contributed by atoms with Crippen molar-refractivity contribution in [3.8, 4) is 5.75 Å². The van der Waals surface area contributed by atoms with Gasteiger partial charge in [-0.1, -0.05) is 0 Å². The first kappa shape index (κ1) is 9.57. The maximum absolute atomic E-state index is 5.97. The molecule has 14 heavy (non-hydrogen) atoms. The summed E-state index contributed by atoms with van der Waals surface area (Å²) in [5.74, 6) is 1.10. The number of aryl methyl sites for hydroxylation is 2. The average Bonchev–Trinajstić information content (AvgIpc) is 2.38. The summed E-state index contributed by atoms with van der Waals surface area (Å²) in [5, 5.41) is 0. The van der Waals surface area contributed by atoms with Gasteiger partial charge in [-0.05, 0) is 57.4 Å². The van der Waals surface area contributed by atoms with E-state index in [1.165, 1.54) is 22.3 Å². The van der Waals surface area contributed by atoms with Gasteiger partial charge in [-0.2, -0.15) is 0 Å². The van der Waals surface area contributed by atoms with Gasteiger partial charge in [0.05, 0.1) is 0 Å². The van der Waals surface area contributed by atoms with E-state index in [-0.39, 0.29) is 5.60 Å². The summed E-state index contributed by atoms with van der Waals surface area (Å²) < 4.78 is 5.97. The second kappa shape index (κ2) is 2.75. The highest BCUT2D eigenvalue weighted by molar-refractivity contribution is 5.52. The van der Waals surface area contributed by atoms with E-state index in [9.17, 15) is 0 Å². The molecule has 1 aromatic rings. The Bertz CT molecular complexity index is 389. The summed E-state index contributed by atoms with van der Waals surface area (Å²) in [7, 11) is 0. The van der Waals surface area contributed by atoms with Crippen LogP contribution in [0.3, 0.4) is 0 Å². The van der Waals surface area contributed by atoms with E-state index in [4.69, 9.17) is 4.74 Å². The molecule has 0 atom stereocenters. The van der Waals surface area contributed by atoms with Crippen molar-refractivity contribution in [2.75, 3.05) is 0 Å². The summed E-state index contributed by atoms with van der Waals surface area (Å²) in [4.78, 5) is 0. The topological polar surface area (TPSA) is 9.23 Å². The van der Waals surface area contributed by atoms with Crippen LogP contribution in [0.2, 0.25) is 0 Å². The van der Waals surface area contributed by atoms with Crippen LogP contribution in [-0.4, -0.2) is 5.60 Å². The molecule has 0 amide bonds. The lowest BCUT2D eigenvalue weighted by Gasteiger charge is -2.17. The lowest BCUT2D eigenvalue weighted by Crippen LogP contribution is -2.24. The molecule has 0 unspecified atom stereocenters. The van der Waals surface area contributed by atoms with Crippen molar-refractivity contribution in [1.29, 1.82) is 0 Å². The first-order valence-corrected chi connectivity index (χ1v) is 5.12.